The number of ether oxygens (including phenoxy) is 1. The highest BCUT2D eigenvalue weighted by molar-refractivity contribution is 5.37. The van der Waals surface area contributed by atoms with Gasteiger partial charge >= 0.3 is 0 Å². The Hall–Kier alpha value is -1.16. The fraction of sp³-hybridized carbons (Fsp3) is 0.733. The first kappa shape index (κ1) is 14.3. The van der Waals surface area contributed by atoms with E-state index in [0.717, 1.165) is 37.2 Å². The van der Waals surface area contributed by atoms with E-state index in [0.29, 0.717) is 12.1 Å². The minimum Gasteiger partial charge on any atom is -0.381 e. The molecule has 1 aliphatic rings. The molecule has 0 saturated heterocycles. The van der Waals surface area contributed by atoms with Crippen LogP contribution in [0.1, 0.15) is 52.1 Å². The van der Waals surface area contributed by atoms with Gasteiger partial charge in [-0.3, -0.25) is 0 Å². The fourth-order valence-electron chi connectivity index (χ4n) is 2.50. The molecule has 0 aromatic carbocycles. The molecule has 2 rings (SSSR count). The van der Waals surface area contributed by atoms with Crippen LogP contribution < -0.4 is 5.32 Å². The maximum Gasteiger partial charge on any atom is 0.129 e. The molecule has 0 aliphatic heterocycles. The molecule has 1 aliphatic carbocycles. The van der Waals surface area contributed by atoms with Crippen LogP contribution in [0.3, 0.4) is 0 Å². The van der Waals surface area contributed by atoms with Crippen molar-refractivity contribution < 1.29 is 4.74 Å². The first-order chi connectivity index (χ1) is 8.99. The van der Waals surface area contributed by atoms with E-state index in [2.05, 4.69) is 42.1 Å². The third-order valence-electron chi connectivity index (χ3n) is 3.80. The van der Waals surface area contributed by atoms with Gasteiger partial charge in [0.1, 0.15) is 12.1 Å². The first-order valence-corrected chi connectivity index (χ1v) is 7.11. The molecule has 0 atom stereocenters. The third kappa shape index (κ3) is 3.90. The van der Waals surface area contributed by atoms with Gasteiger partial charge in [0, 0.05) is 24.6 Å². The SMILES string of the molecule is CO[C@H]1CC[C@H](Nc2cc(C(C)(C)C)ncn2)CC1. The van der Waals surface area contributed by atoms with Crippen LogP contribution in [-0.2, 0) is 10.2 Å². The van der Waals surface area contributed by atoms with E-state index in [1.807, 2.05) is 0 Å². The van der Waals surface area contributed by atoms with Gasteiger partial charge in [-0.05, 0) is 25.7 Å². The van der Waals surface area contributed by atoms with E-state index in [-0.39, 0.29) is 5.41 Å². The number of rotatable bonds is 3. The smallest absolute Gasteiger partial charge is 0.129 e. The summed E-state index contributed by atoms with van der Waals surface area (Å²) in [5, 5.41) is 3.53. The third-order valence-corrected chi connectivity index (χ3v) is 3.80. The summed E-state index contributed by atoms with van der Waals surface area (Å²) in [5.74, 6) is 0.945. The largest absolute Gasteiger partial charge is 0.381 e. The van der Waals surface area contributed by atoms with E-state index in [4.69, 9.17) is 4.74 Å². The van der Waals surface area contributed by atoms with Crippen molar-refractivity contribution in [3.05, 3.63) is 18.1 Å². The maximum atomic E-state index is 5.40. The zero-order chi connectivity index (χ0) is 13.9. The molecule has 0 radical (unpaired) electrons. The summed E-state index contributed by atoms with van der Waals surface area (Å²) in [6.45, 7) is 6.51. The molecule has 4 nitrogen and oxygen atoms in total. The second-order valence-corrected chi connectivity index (χ2v) is 6.39. The maximum absolute atomic E-state index is 5.40. The molecule has 19 heavy (non-hydrogen) atoms. The first-order valence-electron chi connectivity index (χ1n) is 7.11. The van der Waals surface area contributed by atoms with Crippen molar-refractivity contribution in [2.24, 2.45) is 0 Å². The minimum atomic E-state index is 0.0626. The number of nitrogens with one attached hydrogen (secondary N) is 1. The van der Waals surface area contributed by atoms with Gasteiger partial charge in [0.2, 0.25) is 0 Å². The molecular formula is C15H25N3O. The van der Waals surface area contributed by atoms with Gasteiger partial charge in [-0.25, -0.2) is 9.97 Å². The molecule has 1 aromatic heterocycles. The molecule has 0 amide bonds. The van der Waals surface area contributed by atoms with E-state index >= 15 is 0 Å². The molecule has 1 heterocycles. The summed E-state index contributed by atoms with van der Waals surface area (Å²) < 4.78 is 5.40. The van der Waals surface area contributed by atoms with Crippen LogP contribution in [0.15, 0.2) is 12.4 Å². The zero-order valence-electron chi connectivity index (χ0n) is 12.4. The van der Waals surface area contributed by atoms with Gasteiger partial charge in [-0.15, -0.1) is 0 Å². The highest BCUT2D eigenvalue weighted by Crippen LogP contribution is 2.25. The van der Waals surface area contributed by atoms with Gasteiger partial charge in [-0.2, -0.15) is 0 Å². The molecule has 1 N–H and O–H groups in total. The normalized spacial score (nSPS) is 24.2. The Kier molecular flexibility index (Phi) is 4.40. The van der Waals surface area contributed by atoms with Crippen molar-refractivity contribution in [1.29, 1.82) is 0 Å². The Balaban J connectivity index is 1.97. The lowest BCUT2D eigenvalue weighted by Gasteiger charge is -2.28. The Morgan fingerprint density at radius 1 is 1.16 bits per heavy atom. The molecule has 0 spiro atoms. The zero-order valence-corrected chi connectivity index (χ0v) is 12.4. The number of aromatic nitrogens is 2. The summed E-state index contributed by atoms with van der Waals surface area (Å²) in [5.41, 5.74) is 1.14. The average molecular weight is 263 g/mol. The summed E-state index contributed by atoms with van der Waals surface area (Å²) in [6.07, 6.45) is 6.65. The monoisotopic (exact) mass is 263 g/mol. The molecule has 1 fully saturated rings. The lowest BCUT2D eigenvalue weighted by atomic mass is 9.91. The van der Waals surface area contributed by atoms with Crippen molar-refractivity contribution in [3.8, 4) is 0 Å². The molecule has 1 aromatic rings. The van der Waals surface area contributed by atoms with Crippen molar-refractivity contribution in [3.63, 3.8) is 0 Å². The molecule has 0 unspecified atom stereocenters. The molecule has 1 saturated carbocycles. The fourth-order valence-corrected chi connectivity index (χ4v) is 2.50. The van der Waals surface area contributed by atoms with E-state index in [1.54, 1.807) is 13.4 Å². The van der Waals surface area contributed by atoms with Gasteiger partial charge in [0.15, 0.2) is 0 Å². The Morgan fingerprint density at radius 2 is 1.84 bits per heavy atom. The quantitative estimate of drug-likeness (QED) is 0.910. The minimum absolute atomic E-state index is 0.0626. The Bertz CT molecular complexity index is 406. The second-order valence-electron chi connectivity index (χ2n) is 6.39. The number of hydrogen-bond donors (Lipinski definition) is 1. The van der Waals surface area contributed by atoms with Crippen molar-refractivity contribution >= 4 is 5.82 Å². The summed E-state index contributed by atoms with van der Waals surface area (Å²) in [6, 6.07) is 2.58. The van der Waals surface area contributed by atoms with E-state index < -0.39 is 0 Å². The molecule has 106 valence electrons. The van der Waals surface area contributed by atoms with Gasteiger partial charge in [0.25, 0.3) is 0 Å². The number of methoxy groups -OCH3 is 1. The Morgan fingerprint density at radius 3 is 2.42 bits per heavy atom. The summed E-state index contributed by atoms with van der Waals surface area (Å²) in [7, 11) is 1.80. The van der Waals surface area contributed by atoms with Crippen molar-refractivity contribution in [2.75, 3.05) is 12.4 Å². The highest BCUT2D eigenvalue weighted by Gasteiger charge is 2.22. The predicted octanol–water partition coefficient (Wildman–Crippen LogP) is 3.14. The Labute approximate surface area is 116 Å². The summed E-state index contributed by atoms with van der Waals surface area (Å²) in [4.78, 5) is 8.69. The van der Waals surface area contributed by atoms with Crippen molar-refractivity contribution in [1.82, 2.24) is 9.97 Å². The second kappa shape index (κ2) is 5.87. The predicted molar refractivity (Wildman–Crippen MR) is 77.4 cm³/mol. The van der Waals surface area contributed by atoms with Crippen LogP contribution in [0.25, 0.3) is 0 Å². The van der Waals surface area contributed by atoms with Crippen LogP contribution in [0.2, 0.25) is 0 Å². The van der Waals surface area contributed by atoms with Crippen molar-refractivity contribution in [2.45, 2.75) is 64.0 Å². The molecular weight excluding hydrogens is 238 g/mol. The van der Waals surface area contributed by atoms with Gasteiger partial charge < -0.3 is 10.1 Å². The van der Waals surface area contributed by atoms with Crippen LogP contribution in [0.4, 0.5) is 5.82 Å². The standard InChI is InChI=1S/C15H25N3O/c1-15(2,3)13-9-14(17-10-16-13)18-11-5-7-12(19-4)8-6-11/h9-12H,5-8H2,1-4H3,(H,16,17,18)/t11-,12-. The molecule has 0 bridgehead atoms. The van der Waals surface area contributed by atoms with Crippen LogP contribution in [-0.4, -0.2) is 29.2 Å². The molecule has 4 heteroatoms. The van der Waals surface area contributed by atoms with E-state index in [1.165, 1.54) is 0 Å². The topological polar surface area (TPSA) is 47.0 Å². The number of anilines is 1. The van der Waals surface area contributed by atoms with Crippen LogP contribution in [0, 0.1) is 0 Å². The number of nitrogens with zero attached hydrogens (tertiary/aromatic N) is 2. The van der Waals surface area contributed by atoms with Gasteiger partial charge in [-0.1, -0.05) is 20.8 Å². The summed E-state index contributed by atoms with van der Waals surface area (Å²) >= 11 is 0. The van der Waals surface area contributed by atoms with Crippen LogP contribution >= 0.6 is 0 Å². The average Bonchev–Trinajstić information content (AvgIpc) is 2.39. The highest BCUT2D eigenvalue weighted by atomic mass is 16.5. The number of hydrogen-bond acceptors (Lipinski definition) is 4. The van der Waals surface area contributed by atoms with Crippen LogP contribution in [0.5, 0.6) is 0 Å². The van der Waals surface area contributed by atoms with Gasteiger partial charge in [0.05, 0.1) is 11.8 Å². The lowest BCUT2D eigenvalue weighted by molar-refractivity contribution is 0.0681. The van der Waals surface area contributed by atoms with E-state index in [9.17, 15) is 0 Å². The lowest BCUT2D eigenvalue weighted by Crippen LogP contribution is -2.29.